The number of hydrogen-bond donors (Lipinski definition) is 0. The minimum absolute atomic E-state index is 0.0382. The van der Waals surface area contributed by atoms with Gasteiger partial charge in [0.25, 0.3) is 5.91 Å². The van der Waals surface area contributed by atoms with Gasteiger partial charge in [-0.3, -0.25) is 14.4 Å². The highest BCUT2D eigenvalue weighted by Gasteiger charge is 2.38. The van der Waals surface area contributed by atoms with E-state index >= 15 is 0 Å². The second-order valence-electron chi connectivity index (χ2n) is 8.12. The van der Waals surface area contributed by atoms with Crippen molar-refractivity contribution in [2.24, 2.45) is 0 Å². The molecule has 0 aliphatic heterocycles. The van der Waals surface area contributed by atoms with Gasteiger partial charge in [-0.15, -0.1) is 0 Å². The number of ether oxygens (including phenoxy) is 1. The molecule has 1 aliphatic rings. The number of hydrogen-bond acceptors (Lipinski definition) is 8. The third-order valence-corrected chi connectivity index (χ3v) is 7.03. The summed E-state index contributed by atoms with van der Waals surface area (Å²) in [6.07, 6.45) is 6.80. The first-order chi connectivity index (χ1) is 16.4. The molecule has 0 radical (unpaired) electrons. The van der Waals surface area contributed by atoms with Crippen LogP contribution in [0.3, 0.4) is 0 Å². The molecule has 4 aromatic heterocycles. The number of amides is 1. The number of carbonyl (C=O) groups is 2. The van der Waals surface area contributed by atoms with Gasteiger partial charge in [0.15, 0.2) is 10.8 Å². The first-order valence-corrected chi connectivity index (χ1v) is 12.1. The van der Waals surface area contributed by atoms with E-state index in [9.17, 15) is 9.59 Å². The third kappa shape index (κ3) is 3.65. The highest BCUT2D eigenvalue weighted by molar-refractivity contribution is 7.17. The summed E-state index contributed by atoms with van der Waals surface area (Å²) in [5.74, 6) is -0.649. The molecule has 1 amide bonds. The van der Waals surface area contributed by atoms with Crippen molar-refractivity contribution in [1.82, 2.24) is 29.4 Å². The molecule has 176 valence electrons. The minimum Gasteiger partial charge on any atom is -0.462 e. The van der Waals surface area contributed by atoms with Crippen molar-refractivity contribution < 1.29 is 14.3 Å². The number of nitrogens with zero attached hydrogens (tertiary/aromatic N) is 7. The van der Waals surface area contributed by atoms with E-state index in [1.165, 1.54) is 11.3 Å². The van der Waals surface area contributed by atoms with Gasteiger partial charge >= 0.3 is 5.97 Å². The van der Waals surface area contributed by atoms with Gasteiger partial charge < -0.3 is 4.74 Å². The third-order valence-electron chi connectivity index (χ3n) is 5.89. The molecule has 34 heavy (non-hydrogen) atoms. The molecule has 0 N–H and O–H groups in total. The largest absolute Gasteiger partial charge is 0.462 e. The zero-order valence-electron chi connectivity index (χ0n) is 19.5. The molecule has 0 aromatic carbocycles. The SMILES string of the molecule is CCOC(=O)c1sc(N(C(=O)c2cnn3c(-c4cnn(CC)c4C)ccnc23)C2CC2)nc1C. The van der Waals surface area contributed by atoms with Gasteiger partial charge in [0.2, 0.25) is 0 Å². The maximum Gasteiger partial charge on any atom is 0.350 e. The summed E-state index contributed by atoms with van der Waals surface area (Å²) >= 11 is 1.18. The van der Waals surface area contributed by atoms with Gasteiger partial charge in [-0.25, -0.2) is 19.3 Å². The first-order valence-electron chi connectivity index (χ1n) is 11.3. The van der Waals surface area contributed by atoms with Crippen molar-refractivity contribution in [2.45, 2.75) is 53.1 Å². The van der Waals surface area contributed by atoms with Crippen LogP contribution in [-0.2, 0) is 11.3 Å². The molecule has 10 nitrogen and oxygen atoms in total. The van der Waals surface area contributed by atoms with Crippen molar-refractivity contribution in [3.63, 3.8) is 0 Å². The number of anilines is 1. The zero-order chi connectivity index (χ0) is 24.0. The lowest BCUT2D eigenvalue weighted by atomic mass is 10.2. The van der Waals surface area contributed by atoms with E-state index in [1.54, 1.807) is 35.7 Å². The van der Waals surface area contributed by atoms with E-state index in [0.717, 1.165) is 36.3 Å². The Labute approximate surface area is 200 Å². The van der Waals surface area contributed by atoms with Crippen molar-refractivity contribution in [3.05, 3.63) is 46.5 Å². The molecule has 0 unspecified atom stereocenters. The monoisotopic (exact) mass is 479 g/mol. The number of carbonyl (C=O) groups excluding carboxylic acids is 2. The molecule has 0 spiro atoms. The molecular weight excluding hydrogens is 454 g/mol. The lowest BCUT2D eigenvalue weighted by molar-refractivity contribution is 0.0531. The van der Waals surface area contributed by atoms with Crippen LogP contribution in [0, 0.1) is 13.8 Å². The number of aromatic nitrogens is 6. The highest BCUT2D eigenvalue weighted by atomic mass is 32.1. The fourth-order valence-electron chi connectivity index (χ4n) is 4.01. The fourth-order valence-corrected chi connectivity index (χ4v) is 5.04. The number of thiazole rings is 1. The second-order valence-corrected chi connectivity index (χ2v) is 9.10. The van der Waals surface area contributed by atoms with Gasteiger partial charge in [0.1, 0.15) is 10.4 Å². The zero-order valence-corrected chi connectivity index (χ0v) is 20.3. The number of rotatable bonds is 7. The van der Waals surface area contributed by atoms with E-state index in [4.69, 9.17) is 4.74 Å². The Morgan fingerprint density at radius 1 is 1.21 bits per heavy atom. The molecule has 11 heteroatoms. The van der Waals surface area contributed by atoms with Crippen LogP contribution < -0.4 is 4.90 Å². The molecule has 4 heterocycles. The lowest BCUT2D eigenvalue weighted by Gasteiger charge is -2.18. The second kappa shape index (κ2) is 8.64. The molecule has 5 rings (SSSR count). The molecule has 1 fully saturated rings. The number of aryl methyl sites for hydroxylation is 2. The fraction of sp³-hybridized carbons (Fsp3) is 0.391. The van der Waals surface area contributed by atoms with Crippen LogP contribution in [-0.4, -0.2) is 53.9 Å². The Hall–Kier alpha value is -3.60. The maximum atomic E-state index is 13.7. The highest BCUT2D eigenvalue weighted by Crippen LogP contribution is 2.37. The molecule has 1 aliphatic carbocycles. The molecule has 0 saturated heterocycles. The smallest absolute Gasteiger partial charge is 0.350 e. The normalized spacial score (nSPS) is 13.4. The van der Waals surface area contributed by atoms with E-state index in [2.05, 4.69) is 20.2 Å². The Morgan fingerprint density at radius 3 is 2.68 bits per heavy atom. The van der Waals surface area contributed by atoms with Gasteiger partial charge in [-0.2, -0.15) is 10.2 Å². The topological polar surface area (TPSA) is 108 Å². The summed E-state index contributed by atoms with van der Waals surface area (Å²) in [7, 11) is 0. The quantitative estimate of drug-likeness (QED) is 0.372. The summed E-state index contributed by atoms with van der Waals surface area (Å²) < 4.78 is 8.74. The Morgan fingerprint density at radius 2 is 2.00 bits per heavy atom. The lowest BCUT2D eigenvalue weighted by Crippen LogP contribution is -2.33. The minimum atomic E-state index is -0.419. The number of fused-ring (bicyclic) bond motifs is 1. The van der Waals surface area contributed by atoms with Crippen LogP contribution in [0.4, 0.5) is 5.13 Å². The average Bonchev–Trinajstić information content (AvgIpc) is 3.25. The van der Waals surface area contributed by atoms with Gasteiger partial charge in [0.05, 0.1) is 30.4 Å². The summed E-state index contributed by atoms with van der Waals surface area (Å²) in [5.41, 5.74) is 4.18. The van der Waals surface area contributed by atoms with Crippen molar-refractivity contribution in [3.8, 4) is 11.3 Å². The average molecular weight is 480 g/mol. The van der Waals surface area contributed by atoms with Gasteiger partial charge in [0, 0.05) is 30.0 Å². The summed E-state index contributed by atoms with van der Waals surface area (Å²) in [6, 6.07) is 1.91. The molecule has 0 atom stereocenters. The van der Waals surface area contributed by atoms with E-state index < -0.39 is 5.97 Å². The van der Waals surface area contributed by atoms with Crippen LogP contribution in [0.2, 0.25) is 0 Å². The Kier molecular flexibility index (Phi) is 5.64. The predicted octanol–water partition coefficient (Wildman–Crippen LogP) is 3.67. The Balaban J connectivity index is 1.54. The molecule has 4 aromatic rings. The van der Waals surface area contributed by atoms with Gasteiger partial charge in [-0.1, -0.05) is 11.3 Å². The van der Waals surface area contributed by atoms with E-state index in [1.807, 2.05) is 30.8 Å². The summed E-state index contributed by atoms with van der Waals surface area (Å²) in [4.78, 5) is 37.1. The molecule has 0 bridgehead atoms. The summed E-state index contributed by atoms with van der Waals surface area (Å²) in [5, 5.41) is 9.42. The van der Waals surface area contributed by atoms with Crippen molar-refractivity contribution in [1.29, 1.82) is 0 Å². The van der Waals surface area contributed by atoms with Crippen molar-refractivity contribution >= 4 is 34.0 Å². The summed E-state index contributed by atoms with van der Waals surface area (Å²) in [6.45, 7) is 8.61. The standard InChI is InChI=1S/C23H25N7O3S/c1-5-28-14(4)16(11-25-28)18-9-10-24-20-17(12-26-30(18)20)21(31)29(15-7-8-15)23-27-13(3)19(34-23)22(32)33-6-2/h9-12,15H,5-8H2,1-4H3. The maximum absolute atomic E-state index is 13.7. The van der Waals surface area contributed by atoms with Gasteiger partial charge in [-0.05, 0) is 46.6 Å². The Bertz CT molecular complexity index is 1400. The van der Waals surface area contributed by atoms with Crippen LogP contribution >= 0.6 is 11.3 Å². The van der Waals surface area contributed by atoms with Crippen LogP contribution in [0.1, 0.15) is 58.1 Å². The van der Waals surface area contributed by atoms with Crippen molar-refractivity contribution in [2.75, 3.05) is 11.5 Å². The first kappa shape index (κ1) is 22.2. The predicted molar refractivity (Wildman–Crippen MR) is 127 cm³/mol. The molecular formula is C23H25N7O3S. The van der Waals surface area contributed by atoms with E-state index in [0.29, 0.717) is 26.9 Å². The van der Waals surface area contributed by atoms with Crippen LogP contribution in [0.25, 0.3) is 16.9 Å². The van der Waals surface area contributed by atoms with Crippen LogP contribution in [0.15, 0.2) is 24.7 Å². The van der Waals surface area contributed by atoms with E-state index in [-0.39, 0.29) is 18.6 Å². The van der Waals surface area contributed by atoms with Crippen LogP contribution in [0.5, 0.6) is 0 Å². The number of esters is 1. The molecule has 1 saturated carbocycles.